The second-order valence-electron chi connectivity index (χ2n) is 5.33. The molecule has 26 heavy (non-hydrogen) atoms. The Morgan fingerprint density at radius 1 is 1.23 bits per heavy atom. The molecule has 0 aromatic heterocycles. The average molecular weight is 508 g/mol. The van der Waals surface area contributed by atoms with Crippen LogP contribution in [0.25, 0.3) is 0 Å². The summed E-state index contributed by atoms with van der Waals surface area (Å²) in [5.74, 6) is 0.828. The van der Waals surface area contributed by atoms with Crippen LogP contribution in [-0.2, 0) is 6.54 Å². The molecule has 9 heteroatoms. The molecular weight excluding hydrogens is 489 g/mol. The van der Waals surface area contributed by atoms with Crippen LogP contribution in [0.3, 0.4) is 0 Å². The number of rotatable bonds is 9. The van der Waals surface area contributed by atoms with Crippen molar-refractivity contribution < 1.29 is 9.66 Å². The summed E-state index contributed by atoms with van der Waals surface area (Å²) < 4.78 is 7.58. The highest BCUT2D eigenvalue weighted by molar-refractivity contribution is 9.11. The first-order valence-corrected chi connectivity index (χ1v) is 9.88. The molecule has 0 bridgehead atoms. The molecule has 2 rings (SSSR count). The normalized spacial score (nSPS) is 10.6. The summed E-state index contributed by atoms with van der Waals surface area (Å²) in [5.41, 5.74) is 1.68. The Bertz CT molecular complexity index is 790. The highest BCUT2D eigenvalue weighted by Gasteiger charge is 2.10. The zero-order valence-electron chi connectivity index (χ0n) is 14.0. The Hall–Kier alpha value is -1.35. The number of nitro groups is 1. The van der Waals surface area contributed by atoms with Crippen LogP contribution in [0.15, 0.2) is 39.3 Å². The summed E-state index contributed by atoms with van der Waals surface area (Å²) in [7, 11) is 0. The fourth-order valence-electron chi connectivity index (χ4n) is 2.32. The van der Waals surface area contributed by atoms with Gasteiger partial charge in [0, 0.05) is 41.8 Å². The molecule has 140 valence electrons. The Morgan fingerprint density at radius 2 is 2.00 bits per heavy atom. The smallest absolute Gasteiger partial charge is 0.271 e. The topological polar surface area (TPSA) is 76.4 Å². The van der Waals surface area contributed by atoms with Gasteiger partial charge in [0.15, 0.2) is 0 Å². The highest BCUT2D eigenvalue weighted by Crippen LogP contribution is 2.33. The third-order valence-corrected chi connectivity index (χ3v) is 4.83. The fourth-order valence-corrected chi connectivity index (χ4v) is 3.99. The lowest BCUT2D eigenvalue weighted by Crippen LogP contribution is -2.22. The summed E-state index contributed by atoms with van der Waals surface area (Å²) in [4.78, 5) is 10.3. The first kappa shape index (κ1) is 21.0. The van der Waals surface area contributed by atoms with Crippen molar-refractivity contribution in [3.8, 4) is 5.75 Å². The van der Waals surface area contributed by atoms with Gasteiger partial charge in [-0.25, -0.2) is 0 Å². The van der Waals surface area contributed by atoms with Crippen molar-refractivity contribution in [3.63, 3.8) is 0 Å². The van der Waals surface area contributed by atoms with Gasteiger partial charge < -0.3 is 15.4 Å². The van der Waals surface area contributed by atoms with Gasteiger partial charge in [-0.15, -0.1) is 0 Å². The lowest BCUT2D eigenvalue weighted by atomic mass is 10.2. The van der Waals surface area contributed by atoms with Crippen molar-refractivity contribution in [3.05, 3.63) is 60.0 Å². The van der Waals surface area contributed by atoms with Crippen LogP contribution in [-0.4, -0.2) is 24.6 Å². The van der Waals surface area contributed by atoms with Crippen molar-refractivity contribution in [2.75, 3.05) is 25.0 Å². The van der Waals surface area contributed by atoms with Crippen molar-refractivity contribution in [2.24, 2.45) is 0 Å². The van der Waals surface area contributed by atoms with Gasteiger partial charge in [-0.3, -0.25) is 10.1 Å². The van der Waals surface area contributed by atoms with Gasteiger partial charge >= 0.3 is 0 Å². The van der Waals surface area contributed by atoms with E-state index in [2.05, 4.69) is 42.5 Å². The van der Waals surface area contributed by atoms with Gasteiger partial charge in [-0.05, 0) is 41.1 Å². The Kier molecular flexibility index (Phi) is 8.15. The van der Waals surface area contributed by atoms with Gasteiger partial charge in [0.25, 0.3) is 5.69 Å². The molecule has 0 aliphatic carbocycles. The predicted molar refractivity (Wildman–Crippen MR) is 111 cm³/mol. The number of halogens is 3. The van der Waals surface area contributed by atoms with E-state index in [1.54, 1.807) is 6.07 Å². The molecule has 6 nitrogen and oxygen atoms in total. The number of hydrogen-bond donors (Lipinski definition) is 2. The maximum atomic E-state index is 10.7. The lowest BCUT2D eigenvalue weighted by molar-refractivity contribution is -0.384. The van der Waals surface area contributed by atoms with Crippen LogP contribution in [0.2, 0.25) is 5.02 Å². The molecule has 2 N–H and O–H groups in total. The number of anilines is 1. The number of nitro benzene ring substituents is 1. The molecular formula is C17H18Br2ClN3O3. The quantitative estimate of drug-likeness (QED) is 0.271. The van der Waals surface area contributed by atoms with Crippen LogP contribution in [0, 0.1) is 10.1 Å². The number of hydrogen-bond acceptors (Lipinski definition) is 5. The zero-order chi connectivity index (χ0) is 19.1. The SMILES string of the molecule is CCOc1c(Br)cc(Br)cc1CNCCNc1ccc([N+](=O)[O-])cc1Cl. The van der Waals surface area contributed by atoms with E-state index in [0.717, 1.165) is 20.3 Å². The number of ether oxygens (including phenoxy) is 1. The summed E-state index contributed by atoms with van der Waals surface area (Å²) in [6.07, 6.45) is 0. The molecule has 2 aromatic rings. The number of benzene rings is 2. The lowest BCUT2D eigenvalue weighted by Gasteiger charge is -2.14. The summed E-state index contributed by atoms with van der Waals surface area (Å²) in [5, 5.41) is 17.5. The molecule has 0 saturated carbocycles. The second-order valence-corrected chi connectivity index (χ2v) is 7.51. The molecule has 2 aromatic carbocycles. The molecule has 0 saturated heterocycles. The van der Waals surface area contributed by atoms with Gasteiger partial charge in [0.2, 0.25) is 0 Å². The van der Waals surface area contributed by atoms with E-state index in [0.29, 0.717) is 37.0 Å². The Balaban J connectivity index is 1.87. The molecule has 0 atom stereocenters. The van der Waals surface area contributed by atoms with Crippen molar-refractivity contribution >= 4 is 54.8 Å². The van der Waals surface area contributed by atoms with Gasteiger partial charge in [-0.1, -0.05) is 27.5 Å². The Morgan fingerprint density at radius 3 is 2.65 bits per heavy atom. The van der Waals surface area contributed by atoms with Crippen LogP contribution >= 0.6 is 43.5 Å². The van der Waals surface area contributed by atoms with Crippen molar-refractivity contribution in [1.82, 2.24) is 5.32 Å². The van der Waals surface area contributed by atoms with E-state index in [9.17, 15) is 10.1 Å². The summed E-state index contributed by atoms with van der Waals surface area (Å²) in [6, 6.07) is 8.34. The maximum Gasteiger partial charge on any atom is 0.271 e. The number of non-ortho nitro benzene ring substituents is 1. The molecule has 0 amide bonds. The van der Waals surface area contributed by atoms with E-state index in [4.69, 9.17) is 16.3 Å². The highest BCUT2D eigenvalue weighted by atomic mass is 79.9. The predicted octanol–water partition coefficient (Wildman–Crippen LogP) is 5.37. The van der Waals surface area contributed by atoms with Crippen LogP contribution in [0.1, 0.15) is 12.5 Å². The van der Waals surface area contributed by atoms with Crippen LogP contribution < -0.4 is 15.4 Å². The van der Waals surface area contributed by atoms with E-state index in [-0.39, 0.29) is 5.69 Å². The minimum Gasteiger partial charge on any atom is -0.492 e. The monoisotopic (exact) mass is 505 g/mol. The van der Waals surface area contributed by atoms with Crippen molar-refractivity contribution in [1.29, 1.82) is 0 Å². The third-order valence-electron chi connectivity index (χ3n) is 3.47. The molecule has 0 aliphatic rings. The number of nitrogens with zero attached hydrogens (tertiary/aromatic N) is 1. The Labute approximate surface area is 173 Å². The first-order valence-electron chi connectivity index (χ1n) is 7.91. The van der Waals surface area contributed by atoms with E-state index in [1.807, 2.05) is 19.1 Å². The largest absolute Gasteiger partial charge is 0.492 e. The number of nitrogens with one attached hydrogen (secondary N) is 2. The van der Waals surface area contributed by atoms with Crippen molar-refractivity contribution in [2.45, 2.75) is 13.5 Å². The fraction of sp³-hybridized carbons (Fsp3) is 0.294. The molecule has 0 heterocycles. The standard InChI is InChI=1S/C17H18Br2ClN3O3/c1-2-26-17-11(7-12(18)8-14(17)19)10-21-5-6-22-16-4-3-13(23(24)25)9-15(16)20/h3-4,7-9,21-22H,2,5-6,10H2,1H3. The van der Waals surface area contributed by atoms with Gasteiger partial charge in [-0.2, -0.15) is 0 Å². The molecule has 0 spiro atoms. The average Bonchev–Trinajstić information content (AvgIpc) is 2.58. The molecule has 0 aliphatic heterocycles. The minimum absolute atomic E-state index is 0.0256. The maximum absolute atomic E-state index is 10.7. The summed E-state index contributed by atoms with van der Waals surface area (Å²) in [6.45, 7) is 4.49. The van der Waals surface area contributed by atoms with E-state index in [1.165, 1.54) is 12.1 Å². The van der Waals surface area contributed by atoms with E-state index >= 15 is 0 Å². The van der Waals surface area contributed by atoms with Gasteiger partial charge in [0.05, 0.1) is 26.7 Å². The molecule has 0 radical (unpaired) electrons. The third kappa shape index (κ3) is 5.84. The summed E-state index contributed by atoms with van der Waals surface area (Å²) >= 11 is 13.1. The van der Waals surface area contributed by atoms with Crippen LogP contribution in [0.4, 0.5) is 11.4 Å². The zero-order valence-corrected chi connectivity index (χ0v) is 17.9. The van der Waals surface area contributed by atoms with Crippen LogP contribution in [0.5, 0.6) is 5.75 Å². The molecule has 0 unspecified atom stereocenters. The second kappa shape index (κ2) is 10.1. The molecule has 0 fully saturated rings. The minimum atomic E-state index is -0.469. The van der Waals surface area contributed by atoms with E-state index < -0.39 is 4.92 Å². The van der Waals surface area contributed by atoms with Gasteiger partial charge in [0.1, 0.15) is 5.75 Å². The first-order chi connectivity index (χ1) is 12.4.